The van der Waals surface area contributed by atoms with Gasteiger partial charge in [-0.3, -0.25) is 4.79 Å². The number of hydrogen-bond acceptors (Lipinski definition) is 3. The normalized spacial score (nSPS) is 10.7. The van der Waals surface area contributed by atoms with Crippen LogP contribution in [0.25, 0.3) is 21.8 Å². The van der Waals surface area contributed by atoms with E-state index in [0.717, 1.165) is 27.5 Å². The van der Waals surface area contributed by atoms with Crippen molar-refractivity contribution in [1.82, 2.24) is 9.88 Å². The number of aryl methyl sites for hydroxylation is 1. The van der Waals surface area contributed by atoms with E-state index in [2.05, 4.69) is 22.0 Å². The summed E-state index contributed by atoms with van der Waals surface area (Å²) in [6, 6.07) is 14.0. The summed E-state index contributed by atoms with van der Waals surface area (Å²) in [5, 5.41) is 13.7. The summed E-state index contributed by atoms with van der Waals surface area (Å²) in [7, 11) is 0. The SMILES string of the molecule is Cl.Nc1ccc2c(c1)c1ccccc1n2CCC(=O)NCCO. The van der Waals surface area contributed by atoms with Crippen molar-refractivity contribution in [3.8, 4) is 0 Å². The van der Waals surface area contributed by atoms with E-state index in [4.69, 9.17) is 10.8 Å². The first kappa shape index (κ1) is 17.1. The lowest BCUT2D eigenvalue weighted by Crippen LogP contribution is -2.27. The van der Waals surface area contributed by atoms with E-state index in [1.54, 1.807) is 0 Å². The molecule has 4 N–H and O–H groups in total. The third kappa shape index (κ3) is 3.41. The molecular formula is C17H20ClN3O2. The number of anilines is 1. The second-order valence-electron chi connectivity index (χ2n) is 5.27. The molecule has 23 heavy (non-hydrogen) atoms. The van der Waals surface area contributed by atoms with Crippen LogP contribution in [0, 0.1) is 0 Å². The van der Waals surface area contributed by atoms with Gasteiger partial charge in [0.15, 0.2) is 0 Å². The van der Waals surface area contributed by atoms with Crippen LogP contribution < -0.4 is 11.1 Å². The van der Waals surface area contributed by atoms with E-state index < -0.39 is 0 Å². The molecule has 122 valence electrons. The number of hydrogen-bond donors (Lipinski definition) is 3. The highest BCUT2D eigenvalue weighted by Gasteiger charge is 2.11. The Labute approximate surface area is 140 Å². The van der Waals surface area contributed by atoms with Gasteiger partial charge < -0.3 is 20.7 Å². The van der Waals surface area contributed by atoms with E-state index >= 15 is 0 Å². The standard InChI is InChI=1S/C17H19N3O2.ClH/c18-12-5-6-16-14(11-12)13-3-1-2-4-15(13)20(16)9-7-17(22)19-8-10-21;/h1-6,11,21H,7-10,18H2,(H,19,22);1H. The van der Waals surface area contributed by atoms with Crippen LogP contribution in [-0.2, 0) is 11.3 Å². The molecule has 0 saturated carbocycles. The van der Waals surface area contributed by atoms with E-state index in [1.165, 1.54) is 0 Å². The Hall–Kier alpha value is -2.24. The Balaban J connectivity index is 0.00000192. The highest BCUT2D eigenvalue weighted by Crippen LogP contribution is 2.30. The smallest absolute Gasteiger partial charge is 0.221 e. The molecule has 2 aromatic carbocycles. The number of nitrogens with zero attached hydrogens (tertiary/aromatic N) is 1. The summed E-state index contributed by atoms with van der Waals surface area (Å²) in [6.45, 7) is 0.841. The Morgan fingerprint density at radius 3 is 2.65 bits per heavy atom. The van der Waals surface area contributed by atoms with Gasteiger partial charge in [0, 0.05) is 47.0 Å². The zero-order chi connectivity index (χ0) is 15.5. The molecule has 0 aliphatic rings. The molecule has 1 heterocycles. The van der Waals surface area contributed by atoms with Crippen LogP contribution in [0.15, 0.2) is 42.5 Å². The summed E-state index contributed by atoms with van der Waals surface area (Å²) in [4.78, 5) is 11.8. The molecule has 3 aromatic rings. The number of rotatable bonds is 5. The van der Waals surface area contributed by atoms with Gasteiger partial charge in [0.2, 0.25) is 5.91 Å². The maximum absolute atomic E-state index is 11.8. The maximum Gasteiger partial charge on any atom is 0.221 e. The van der Waals surface area contributed by atoms with E-state index in [9.17, 15) is 4.79 Å². The van der Waals surface area contributed by atoms with Crippen molar-refractivity contribution in [1.29, 1.82) is 0 Å². The number of carbonyl (C=O) groups is 1. The van der Waals surface area contributed by atoms with Crippen molar-refractivity contribution in [2.75, 3.05) is 18.9 Å². The Bertz CT molecular complexity index is 829. The lowest BCUT2D eigenvalue weighted by atomic mass is 10.1. The van der Waals surface area contributed by atoms with Crippen molar-refractivity contribution >= 4 is 45.8 Å². The molecule has 0 aliphatic carbocycles. The molecule has 6 heteroatoms. The highest BCUT2D eigenvalue weighted by molar-refractivity contribution is 6.09. The predicted molar refractivity (Wildman–Crippen MR) is 95.8 cm³/mol. The fraction of sp³-hybridized carbons (Fsp3) is 0.235. The topological polar surface area (TPSA) is 80.3 Å². The minimum Gasteiger partial charge on any atom is -0.399 e. The van der Waals surface area contributed by atoms with Gasteiger partial charge >= 0.3 is 0 Å². The van der Waals surface area contributed by atoms with Gasteiger partial charge in [0.1, 0.15) is 0 Å². The molecule has 0 radical (unpaired) electrons. The minimum atomic E-state index is -0.0598. The molecule has 0 aliphatic heterocycles. The average Bonchev–Trinajstić information content (AvgIpc) is 2.84. The van der Waals surface area contributed by atoms with Crippen molar-refractivity contribution in [2.45, 2.75) is 13.0 Å². The molecule has 0 unspecified atom stereocenters. The number of halogens is 1. The summed E-state index contributed by atoms with van der Waals surface area (Å²) in [5.74, 6) is -0.0598. The number of fused-ring (bicyclic) bond motifs is 3. The number of para-hydroxylation sites is 1. The Morgan fingerprint density at radius 1 is 1.13 bits per heavy atom. The predicted octanol–water partition coefficient (Wildman–Crippen LogP) is 2.30. The molecule has 3 rings (SSSR count). The third-order valence-electron chi connectivity index (χ3n) is 3.79. The zero-order valence-corrected chi connectivity index (χ0v) is 13.5. The minimum absolute atomic E-state index is 0. The van der Waals surface area contributed by atoms with Crippen molar-refractivity contribution < 1.29 is 9.90 Å². The van der Waals surface area contributed by atoms with Crippen LogP contribution in [0.2, 0.25) is 0 Å². The number of aromatic nitrogens is 1. The largest absolute Gasteiger partial charge is 0.399 e. The number of nitrogen functional groups attached to an aromatic ring is 1. The van der Waals surface area contributed by atoms with Crippen LogP contribution in [0.5, 0.6) is 0 Å². The maximum atomic E-state index is 11.8. The number of nitrogens with one attached hydrogen (secondary N) is 1. The first-order chi connectivity index (χ1) is 10.7. The molecular weight excluding hydrogens is 314 g/mol. The van der Waals surface area contributed by atoms with Gasteiger partial charge in [0.25, 0.3) is 0 Å². The van der Waals surface area contributed by atoms with Gasteiger partial charge in [-0.25, -0.2) is 0 Å². The van der Waals surface area contributed by atoms with Gasteiger partial charge in [0.05, 0.1) is 6.61 Å². The number of aliphatic hydroxyl groups excluding tert-OH is 1. The van der Waals surface area contributed by atoms with E-state index in [1.807, 2.05) is 30.3 Å². The summed E-state index contributed by atoms with van der Waals surface area (Å²) in [6.07, 6.45) is 0.373. The Morgan fingerprint density at radius 2 is 1.87 bits per heavy atom. The molecule has 5 nitrogen and oxygen atoms in total. The lowest BCUT2D eigenvalue weighted by Gasteiger charge is -2.08. The van der Waals surface area contributed by atoms with E-state index in [0.29, 0.717) is 19.5 Å². The third-order valence-corrected chi connectivity index (χ3v) is 3.79. The molecule has 1 aromatic heterocycles. The van der Waals surface area contributed by atoms with Crippen LogP contribution in [-0.4, -0.2) is 28.7 Å². The monoisotopic (exact) mass is 333 g/mol. The summed E-state index contributed by atoms with van der Waals surface area (Å²) in [5.41, 5.74) is 8.81. The molecule has 1 amide bonds. The zero-order valence-electron chi connectivity index (χ0n) is 12.7. The van der Waals surface area contributed by atoms with Crippen molar-refractivity contribution in [3.05, 3.63) is 42.5 Å². The molecule has 0 spiro atoms. The quantitative estimate of drug-likeness (QED) is 0.627. The Kier molecular flexibility index (Phi) is 5.47. The van der Waals surface area contributed by atoms with Gasteiger partial charge in [-0.2, -0.15) is 0 Å². The van der Waals surface area contributed by atoms with Crippen molar-refractivity contribution in [2.24, 2.45) is 0 Å². The number of aliphatic hydroxyl groups is 1. The van der Waals surface area contributed by atoms with Crippen LogP contribution in [0.1, 0.15) is 6.42 Å². The molecule has 0 fully saturated rings. The summed E-state index contributed by atoms with van der Waals surface area (Å²) >= 11 is 0. The van der Waals surface area contributed by atoms with Crippen LogP contribution in [0.4, 0.5) is 5.69 Å². The first-order valence-corrected chi connectivity index (χ1v) is 7.34. The van der Waals surface area contributed by atoms with Gasteiger partial charge in [-0.15, -0.1) is 12.4 Å². The lowest BCUT2D eigenvalue weighted by molar-refractivity contribution is -0.121. The van der Waals surface area contributed by atoms with Gasteiger partial charge in [-0.1, -0.05) is 18.2 Å². The van der Waals surface area contributed by atoms with Crippen LogP contribution in [0.3, 0.4) is 0 Å². The number of amides is 1. The number of carbonyl (C=O) groups excluding carboxylic acids is 1. The first-order valence-electron chi connectivity index (χ1n) is 7.34. The van der Waals surface area contributed by atoms with E-state index in [-0.39, 0.29) is 24.9 Å². The molecule has 0 bridgehead atoms. The number of nitrogens with two attached hydrogens (primary N) is 1. The fourth-order valence-corrected chi connectivity index (χ4v) is 2.81. The fourth-order valence-electron chi connectivity index (χ4n) is 2.81. The average molecular weight is 334 g/mol. The molecule has 0 saturated heterocycles. The second-order valence-corrected chi connectivity index (χ2v) is 5.27. The van der Waals surface area contributed by atoms with Crippen molar-refractivity contribution in [3.63, 3.8) is 0 Å². The summed E-state index contributed by atoms with van der Waals surface area (Å²) < 4.78 is 2.14. The number of benzene rings is 2. The van der Waals surface area contributed by atoms with Gasteiger partial charge in [-0.05, 0) is 24.3 Å². The highest BCUT2D eigenvalue weighted by atomic mass is 35.5. The van der Waals surface area contributed by atoms with Crippen LogP contribution >= 0.6 is 12.4 Å². The second kappa shape index (κ2) is 7.35. The molecule has 0 atom stereocenters.